The van der Waals surface area contributed by atoms with E-state index in [1.165, 1.54) is 26.3 Å². The molecule has 2 N–H and O–H groups in total. The Morgan fingerprint density at radius 1 is 1.28 bits per heavy atom. The van der Waals surface area contributed by atoms with Crippen LogP contribution in [0, 0.1) is 11.8 Å². The van der Waals surface area contributed by atoms with Crippen molar-refractivity contribution in [1.82, 2.24) is 10.2 Å². The fraction of sp³-hybridized carbons (Fsp3) is 0.500. The fourth-order valence-corrected chi connectivity index (χ4v) is 4.21. The highest BCUT2D eigenvalue weighted by molar-refractivity contribution is 6.09. The van der Waals surface area contributed by atoms with Crippen molar-refractivity contribution in [3.05, 3.63) is 29.8 Å². The molecule has 7 nitrogen and oxygen atoms in total. The molecule has 2 fully saturated rings. The lowest BCUT2D eigenvalue weighted by molar-refractivity contribution is -0.154. The van der Waals surface area contributed by atoms with Gasteiger partial charge in [-0.15, -0.1) is 0 Å². The minimum absolute atomic E-state index is 0.108. The number of phenols is 1. The van der Waals surface area contributed by atoms with Crippen LogP contribution in [0.25, 0.3) is 0 Å². The van der Waals surface area contributed by atoms with Crippen LogP contribution < -0.4 is 5.32 Å². The van der Waals surface area contributed by atoms with Crippen LogP contribution in [-0.4, -0.2) is 47.5 Å². The van der Waals surface area contributed by atoms with E-state index in [2.05, 4.69) is 5.32 Å². The fourth-order valence-electron chi connectivity index (χ4n) is 4.21. The number of imide groups is 1. The summed E-state index contributed by atoms with van der Waals surface area (Å²) in [5, 5.41) is 12.8. The number of nitrogens with one attached hydrogen (secondary N) is 1. The molecule has 2 aliphatic rings. The van der Waals surface area contributed by atoms with E-state index in [4.69, 9.17) is 4.74 Å². The van der Waals surface area contributed by atoms with E-state index >= 15 is 0 Å². The zero-order chi connectivity index (χ0) is 18.4. The van der Waals surface area contributed by atoms with Gasteiger partial charge < -0.3 is 9.84 Å². The van der Waals surface area contributed by atoms with Gasteiger partial charge in [0.2, 0.25) is 11.8 Å². The van der Waals surface area contributed by atoms with E-state index in [-0.39, 0.29) is 17.6 Å². The van der Waals surface area contributed by atoms with Gasteiger partial charge in [0.15, 0.2) is 0 Å². The van der Waals surface area contributed by atoms with E-state index < -0.39 is 29.4 Å². The van der Waals surface area contributed by atoms with Gasteiger partial charge in [-0.2, -0.15) is 0 Å². The monoisotopic (exact) mass is 346 g/mol. The second kappa shape index (κ2) is 6.15. The standard InChI is InChI=1S/C18H22N2O5/c1-4-9-18(17(24)25-3)13-12(15(22)20(2)16(13)23)14(19-18)10-5-7-11(21)8-6-10/h5-8,12-14,19,21H,4,9H2,1-3H3/t12-,13+,14+,18-/m0/s1. The predicted molar refractivity (Wildman–Crippen MR) is 88.4 cm³/mol. The summed E-state index contributed by atoms with van der Waals surface area (Å²) in [4.78, 5) is 39.2. The lowest BCUT2D eigenvalue weighted by Crippen LogP contribution is -2.56. The SMILES string of the molecule is CCC[C@]1(C(=O)OC)N[C@H](c2ccc(O)cc2)[C@H]2C(=O)N(C)C(=O)[C@@H]21. The van der Waals surface area contributed by atoms with Crippen LogP contribution in [0.2, 0.25) is 0 Å². The predicted octanol–water partition coefficient (Wildman–Crippen LogP) is 0.979. The third-order valence-electron chi connectivity index (χ3n) is 5.32. The molecule has 2 aliphatic heterocycles. The molecule has 25 heavy (non-hydrogen) atoms. The highest BCUT2D eigenvalue weighted by Crippen LogP contribution is 2.50. The van der Waals surface area contributed by atoms with Crippen LogP contribution in [-0.2, 0) is 19.1 Å². The number of hydrogen-bond acceptors (Lipinski definition) is 6. The molecular weight excluding hydrogens is 324 g/mol. The maximum absolute atomic E-state index is 12.8. The molecule has 4 atom stereocenters. The molecule has 1 aromatic rings. The summed E-state index contributed by atoms with van der Waals surface area (Å²) >= 11 is 0. The summed E-state index contributed by atoms with van der Waals surface area (Å²) in [5.41, 5.74) is -0.486. The Bertz CT molecular complexity index is 717. The van der Waals surface area contributed by atoms with Crippen molar-refractivity contribution in [2.24, 2.45) is 11.8 Å². The van der Waals surface area contributed by atoms with E-state index in [0.29, 0.717) is 12.8 Å². The van der Waals surface area contributed by atoms with Crippen LogP contribution >= 0.6 is 0 Å². The quantitative estimate of drug-likeness (QED) is 0.623. The molecule has 0 spiro atoms. The van der Waals surface area contributed by atoms with Crippen molar-refractivity contribution in [2.45, 2.75) is 31.3 Å². The number of carbonyl (C=O) groups is 3. The molecule has 134 valence electrons. The van der Waals surface area contributed by atoms with Crippen molar-refractivity contribution in [1.29, 1.82) is 0 Å². The Hall–Kier alpha value is -2.41. The number of rotatable bonds is 4. The highest BCUT2D eigenvalue weighted by Gasteiger charge is 2.67. The number of aromatic hydroxyl groups is 1. The Kier molecular flexibility index (Phi) is 4.28. The summed E-state index contributed by atoms with van der Waals surface area (Å²) < 4.78 is 5.00. The molecule has 0 unspecified atom stereocenters. The van der Waals surface area contributed by atoms with Gasteiger partial charge >= 0.3 is 5.97 Å². The number of benzene rings is 1. The Morgan fingerprint density at radius 2 is 1.92 bits per heavy atom. The summed E-state index contributed by atoms with van der Waals surface area (Å²) in [6, 6.07) is 5.93. The first-order valence-corrected chi connectivity index (χ1v) is 8.33. The number of hydrogen-bond donors (Lipinski definition) is 2. The van der Waals surface area contributed by atoms with Crippen LogP contribution in [0.5, 0.6) is 5.75 Å². The van der Waals surface area contributed by atoms with E-state index in [1.807, 2.05) is 6.92 Å². The van der Waals surface area contributed by atoms with Gasteiger partial charge in [-0.3, -0.25) is 24.6 Å². The molecule has 0 radical (unpaired) electrons. The molecule has 3 rings (SSSR count). The number of ether oxygens (including phenoxy) is 1. The van der Waals surface area contributed by atoms with Crippen molar-refractivity contribution in [3.63, 3.8) is 0 Å². The first-order chi connectivity index (χ1) is 11.9. The third kappa shape index (κ3) is 2.41. The summed E-state index contributed by atoms with van der Waals surface area (Å²) in [7, 11) is 2.74. The largest absolute Gasteiger partial charge is 0.508 e. The Labute approximate surface area is 146 Å². The van der Waals surface area contributed by atoms with Crippen LogP contribution in [0.3, 0.4) is 0 Å². The molecule has 0 saturated carbocycles. The molecule has 0 bridgehead atoms. The van der Waals surface area contributed by atoms with Crippen molar-refractivity contribution in [2.75, 3.05) is 14.2 Å². The highest BCUT2D eigenvalue weighted by atomic mass is 16.5. The zero-order valence-corrected chi connectivity index (χ0v) is 14.5. The molecule has 1 aromatic carbocycles. The lowest BCUT2D eigenvalue weighted by atomic mass is 9.77. The lowest BCUT2D eigenvalue weighted by Gasteiger charge is -2.31. The number of carbonyl (C=O) groups excluding carboxylic acids is 3. The maximum Gasteiger partial charge on any atom is 0.326 e. The van der Waals surface area contributed by atoms with Gasteiger partial charge in [0.1, 0.15) is 11.3 Å². The average molecular weight is 346 g/mol. The molecular formula is C18H22N2O5. The van der Waals surface area contributed by atoms with E-state index in [1.54, 1.807) is 12.1 Å². The second-order valence-corrected chi connectivity index (χ2v) is 6.67. The number of methoxy groups -OCH3 is 1. The molecule has 2 saturated heterocycles. The first-order valence-electron chi connectivity index (χ1n) is 8.33. The number of likely N-dealkylation sites (tertiary alicyclic amines) is 1. The zero-order valence-electron chi connectivity index (χ0n) is 14.5. The van der Waals surface area contributed by atoms with Crippen LogP contribution in [0.4, 0.5) is 0 Å². The number of fused-ring (bicyclic) bond motifs is 1. The maximum atomic E-state index is 12.8. The third-order valence-corrected chi connectivity index (χ3v) is 5.32. The minimum atomic E-state index is -1.23. The van der Waals surface area contributed by atoms with Crippen LogP contribution in [0.15, 0.2) is 24.3 Å². The summed E-state index contributed by atoms with van der Waals surface area (Å²) in [6.07, 6.45) is 1.04. The molecule has 0 aromatic heterocycles. The molecule has 2 heterocycles. The van der Waals surface area contributed by atoms with Gasteiger partial charge in [0.05, 0.1) is 18.9 Å². The topological polar surface area (TPSA) is 95.9 Å². The summed E-state index contributed by atoms with van der Waals surface area (Å²) in [5.74, 6) is -2.55. The van der Waals surface area contributed by atoms with E-state index in [9.17, 15) is 19.5 Å². The van der Waals surface area contributed by atoms with Crippen LogP contribution in [0.1, 0.15) is 31.4 Å². The number of phenolic OH excluding ortho intramolecular Hbond substituents is 1. The normalized spacial score (nSPS) is 31.3. The van der Waals surface area contributed by atoms with Gasteiger partial charge in [-0.1, -0.05) is 25.5 Å². The average Bonchev–Trinajstić information content (AvgIpc) is 3.06. The Morgan fingerprint density at radius 3 is 2.48 bits per heavy atom. The smallest absolute Gasteiger partial charge is 0.326 e. The minimum Gasteiger partial charge on any atom is -0.508 e. The molecule has 7 heteroatoms. The van der Waals surface area contributed by atoms with Gasteiger partial charge in [-0.25, -0.2) is 0 Å². The number of esters is 1. The van der Waals surface area contributed by atoms with Crippen molar-refractivity contribution < 1.29 is 24.2 Å². The second-order valence-electron chi connectivity index (χ2n) is 6.67. The van der Waals surface area contributed by atoms with E-state index in [0.717, 1.165) is 10.5 Å². The van der Waals surface area contributed by atoms with Crippen molar-refractivity contribution >= 4 is 17.8 Å². The first kappa shape index (κ1) is 17.4. The van der Waals surface area contributed by atoms with Gasteiger partial charge in [-0.05, 0) is 24.1 Å². The molecule has 2 amide bonds. The van der Waals surface area contributed by atoms with Gasteiger partial charge in [0, 0.05) is 13.1 Å². The summed E-state index contributed by atoms with van der Waals surface area (Å²) in [6.45, 7) is 1.92. The number of nitrogens with zero attached hydrogens (tertiary/aromatic N) is 1. The number of amides is 2. The van der Waals surface area contributed by atoms with Gasteiger partial charge in [0.25, 0.3) is 0 Å². The Balaban J connectivity index is 2.13. The van der Waals surface area contributed by atoms with Crippen molar-refractivity contribution in [3.8, 4) is 5.75 Å². The molecule has 0 aliphatic carbocycles.